The predicted molar refractivity (Wildman–Crippen MR) is 107 cm³/mol. The zero-order valence-electron chi connectivity index (χ0n) is 14.8. The molecule has 0 spiro atoms. The Balaban J connectivity index is 0.00000364. The number of guanidine groups is 1. The van der Waals surface area contributed by atoms with Gasteiger partial charge in [-0.05, 0) is 43.0 Å². The van der Waals surface area contributed by atoms with Crippen LogP contribution < -0.4 is 10.5 Å². The van der Waals surface area contributed by atoms with Gasteiger partial charge >= 0.3 is 5.51 Å². The average molecular weight is 521 g/mol. The van der Waals surface area contributed by atoms with Crippen LogP contribution in [0.3, 0.4) is 0 Å². The van der Waals surface area contributed by atoms with Crippen molar-refractivity contribution in [2.45, 2.75) is 30.2 Å². The summed E-state index contributed by atoms with van der Waals surface area (Å²) < 4.78 is 65.3. The zero-order valence-corrected chi connectivity index (χ0v) is 17.9. The fraction of sp³-hybridized carbons (Fsp3) is 0.562. The lowest BCUT2D eigenvalue weighted by molar-refractivity contribution is -0.0436. The topological polar surface area (TPSA) is 85.0 Å². The summed E-state index contributed by atoms with van der Waals surface area (Å²) in [5.74, 6) is 1.39. The van der Waals surface area contributed by atoms with Crippen LogP contribution in [0.5, 0.6) is 5.75 Å². The minimum atomic E-state index is -5.35. The number of halogens is 4. The van der Waals surface area contributed by atoms with Gasteiger partial charge in [0.05, 0.1) is 11.4 Å². The normalized spacial score (nSPS) is 16.7. The van der Waals surface area contributed by atoms with Crippen molar-refractivity contribution in [1.29, 1.82) is 0 Å². The molecule has 0 aromatic heterocycles. The van der Waals surface area contributed by atoms with Gasteiger partial charge in [0.25, 0.3) is 9.84 Å². The molecule has 1 aromatic rings. The summed E-state index contributed by atoms with van der Waals surface area (Å²) in [6, 6.07) is 4.09. The van der Waals surface area contributed by atoms with Gasteiger partial charge in [0.15, 0.2) is 5.96 Å². The van der Waals surface area contributed by atoms with E-state index in [0.717, 1.165) is 38.1 Å². The van der Waals surface area contributed by atoms with Crippen molar-refractivity contribution in [1.82, 2.24) is 4.90 Å². The Morgan fingerprint density at radius 1 is 1.26 bits per heavy atom. The second-order valence-electron chi connectivity index (χ2n) is 6.18. The molecule has 1 aliphatic heterocycles. The van der Waals surface area contributed by atoms with E-state index >= 15 is 0 Å². The highest BCUT2D eigenvalue weighted by Gasteiger charge is 2.46. The van der Waals surface area contributed by atoms with Gasteiger partial charge < -0.3 is 15.4 Å². The van der Waals surface area contributed by atoms with Gasteiger partial charge in [0, 0.05) is 13.1 Å². The Kier molecular flexibility index (Phi) is 8.64. The monoisotopic (exact) mass is 521 g/mol. The summed E-state index contributed by atoms with van der Waals surface area (Å²) in [6.45, 7) is 4.40. The van der Waals surface area contributed by atoms with E-state index in [9.17, 15) is 21.6 Å². The van der Waals surface area contributed by atoms with E-state index in [2.05, 4.69) is 11.9 Å². The number of alkyl halides is 3. The molecule has 154 valence electrons. The minimum Gasteiger partial charge on any atom is -0.492 e. The smallest absolute Gasteiger partial charge is 0.492 e. The van der Waals surface area contributed by atoms with Crippen LogP contribution in [0.15, 0.2) is 34.2 Å². The van der Waals surface area contributed by atoms with Gasteiger partial charge in [-0.3, -0.25) is 0 Å². The minimum absolute atomic E-state index is 0. The molecule has 0 atom stereocenters. The first-order valence-corrected chi connectivity index (χ1v) is 9.68. The fourth-order valence-electron chi connectivity index (χ4n) is 2.51. The molecule has 0 radical (unpaired) electrons. The summed E-state index contributed by atoms with van der Waals surface area (Å²) in [4.78, 5) is 5.42. The van der Waals surface area contributed by atoms with Crippen molar-refractivity contribution in [3.63, 3.8) is 0 Å². The van der Waals surface area contributed by atoms with Crippen molar-refractivity contribution in [2.75, 3.05) is 26.2 Å². The summed E-state index contributed by atoms with van der Waals surface area (Å²) in [7, 11) is -5.35. The molecule has 1 aromatic carbocycles. The highest BCUT2D eigenvalue weighted by Crippen LogP contribution is 2.30. The lowest BCUT2D eigenvalue weighted by atomic mass is 10.00. The van der Waals surface area contributed by atoms with Crippen molar-refractivity contribution in [3.05, 3.63) is 24.3 Å². The molecule has 1 aliphatic rings. The van der Waals surface area contributed by atoms with Crippen LogP contribution in [0, 0.1) is 5.92 Å². The Morgan fingerprint density at radius 3 is 2.33 bits per heavy atom. The molecular weight excluding hydrogens is 498 g/mol. The van der Waals surface area contributed by atoms with E-state index in [4.69, 9.17) is 10.5 Å². The third-order valence-corrected chi connectivity index (χ3v) is 5.68. The fourth-order valence-corrected chi connectivity index (χ4v) is 3.27. The number of nitrogens with zero attached hydrogens (tertiary/aromatic N) is 2. The van der Waals surface area contributed by atoms with E-state index < -0.39 is 20.2 Å². The van der Waals surface area contributed by atoms with Crippen LogP contribution in [-0.2, 0) is 9.84 Å². The Hall–Kier alpha value is -1.24. The second-order valence-corrected chi connectivity index (χ2v) is 8.12. The van der Waals surface area contributed by atoms with Crippen molar-refractivity contribution in [3.8, 4) is 5.75 Å². The number of ether oxygens (including phenoxy) is 1. The lowest BCUT2D eigenvalue weighted by Gasteiger charge is -2.31. The Labute approximate surface area is 173 Å². The first-order chi connectivity index (χ1) is 12.1. The van der Waals surface area contributed by atoms with Crippen LogP contribution in [0.25, 0.3) is 0 Å². The number of nitrogens with two attached hydrogens (primary N) is 1. The SMILES string of the molecule is CC1CCN(C(N)=NCCOc2ccc(S(=O)(=O)C(F)(F)F)cc2)CC1.I. The van der Waals surface area contributed by atoms with Gasteiger partial charge in [-0.15, -0.1) is 24.0 Å². The summed E-state index contributed by atoms with van der Waals surface area (Å²) in [5.41, 5.74) is 0.603. The predicted octanol–water partition coefficient (Wildman–Crippen LogP) is 3.02. The molecular formula is C16H23F3IN3O3S. The van der Waals surface area contributed by atoms with Crippen LogP contribution >= 0.6 is 24.0 Å². The van der Waals surface area contributed by atoms with E-state index in [-0.39, 0.29) is 36.3 Å². The van der Waals surface area contributed by atoms with Gasteiger partial charge in [0.1, 0.15) is 12.4 Å². The first kappa shape index (κ1) is 23.8. The standard InChI is InChI=1S/C16H22F3N3O3S.HI/c1-12-6-9-22(10-7-12)15(20)21-8-11-25-13-2-4-14(5-3-13)26(23,24)16(17,18)19;/h2-5,12H,6-11H2,1H3,(H2,20,21);1H. The average Bonchev–Trinajstić information content (AvgIpc) is 2.58. The van der Waals surface area contributed by atoms with Crippen LogP contribution in [0.2, 0.25) is 0 Å². The largest absolute Gasteiger partial charge is 0.501 e. The Morgan fingerprint density at radius 2 is 1.81 bits per heavy atom. The van der Waals surface area contributed by atoms with E-state index in [1.807, 2.05) is 4.90 Å². The van der Waals surface area contributed by atoms with Crippen LogP contribution in [-0.4, -0.2) is 51.0 Å². The first-order valence-electron chi connectivity index (χ1n) is 8.20. The molecule has 6 nitrogen and oxygen atoms in total. The lowest BCUT2D eigenvalue weighted by Crippen LogP contribution is -2.42. The van der Waals surface area contributed by atoms with Gasteiger partial charge in [-0.2, -0.15) is 13.2 Å². The highest BCUT2D eigenvalue weighted by atomic mass is 127. The molecule has 1 heterocycles. The Bertz CT molecular complexity index is 732. The van der Waals surface area contributed by atoms with Crippen LogP contribution in [0.4, 0.5) is 13.2 Å². The molecule has 0 aliphatic carbocycles. The maximum absolute atomic E-state index is 12.5. The third-order valence-electron chi connectivity index (χ3n) is 4.18. The van der Waals surface area contributed by atoms with Crippen molar-refractivity contribution < 1.29 is 26.3 Å². The summed E-state index contributed by atoms with van der Waals surface area (Å²) >= 11 is 0. The molecule has 11 heteroatoms. The molecule has 0 unspecified atom stereocenters. The van der Waals surface area contributed by atoms with E-state index in [1.54, 1.807) is 0 Å². The van der Waals surface area contributed by atoms with Crippen molar-refractivity contribution >= 4 is 39.8 Å². The second kappa shape index (κ2) is 9.80. The molecule has 27 heavy (non-hydrogen) atoms. The summed E-state index contributed by atoms with van der Waals surface area (Å²) in [5, 5.41) is 0. The number of piperidine rings is 1. The molecule has 2 rings (SSSR count). The van der Waals surface area contributed by atoms with E-state index in [0.29, 0.717) is 18.4 Å². The highest BCUT2D eigenvalue weighted by molar-refractivity contribution is 14.0. The molecule has 1 fully saturated rings. The van der Waals surface area contributed by atoms with Gasteiger partial charge in [0.2, 0.25) is 0 Å². The van der Waals surface area contributed by atoms with Gasteiger partial charge in [-0.25, -0.2) is 13.4 Å². The molecule has 0 saturated carbocycles. The van der Waals surface area contributed by atoms with Gasteiger partial charge in [-0.1, -0.05) is 6.92 Å². The molecule has 0 bridgehead atoms. The number of aliphatic imine (C=N–C) groups is 1. The molecule has 0 amide bonds. The number of benzene rings is 1. The number of sulfone groups is 1. The maximum atomic E-state index is 12.5. The molecule has 2 N–H and O–H groups in total. The van der Waals surface area contributed by atoms with Crippen molar-refractivity contribution in [2.24, 2.45) is 16.6 Å². The van der Waals surface area contributed by atoms with Crippen LogP contribution in [0.1, 0.15) is 19.8 Å². The number of hydrogen-bond acceptors (Lipinski definition) is 4. The number of hydrogen-bond donors (Lipinski definition) is 1. The quantitative estimate of drug-likeness (QED) is 0.279. The van der Waals surface area contributed by atoms with E-state index in [1.165, 1.54) is 12.1 Å². The number of likely N-dealkylation sites (tertiary alicyclic amines) is 1. The zero-order chi connectivity index (χ0) is 19.4. The maximum Gasteiger partial charge on any atom is 0.501 e. The molecule has 1 saturated heterocycles. The third kappa shape index (κ3) is 6.40. The summed E-state index contributed by atoms with van der Waals surface area (Å²) in [6.07, 6.45) is 2.14. The number of rotatable bonds is 5.